The maximum absolute atomic E-state index is 11.2. The first-order valence-electron chi connectivity index (χ1n) is 14.8. The second kappa shape index (κ2) is 21.0. The van der Waals surface area contributed by atoms with Crippen LogP contribution in [0, 0.1) is 0 Å². The quantitative estimate of drug-likeness (QED) is 0.0892. The molecule has 0 radical (unpaired) electrons. The normalized spacial score (nSPS) is 19.7. The third kappa shape index (κ3) is 14.9. The maximum Gasteiger partial charge on any atom is 0.217 e. The predicted molar refractivity (Wildman–Crippen MR) is 148 cm³/mol. The summed E-state index contributed by atoms with van der Waals surface area (Å²) in [5.74, 6) is 0.0646. The SMILES string of the molecule is CCCCCCCCCCCCC/C=C/CCCCCCC1NC=C[N+]1(CC)CCNC(C)=O. The highest BCUT2D eigenvalue weighted by Gasteiger charge is 2.36. The Hall–Kier alpha value is -1.29. The summed E-state index contributed by atoms with van der Waals surface area (Å²) in [6, 6.07) is 0. The second-order valence-electron chi connectivity index (χ2n) is 10.4. The van der Waals surface area contributed by atoms with Crippen molar-refractivity contribution >= 4 is 5.91 Å². The van der Waals surface area contributed by atoms with Gasteiger partial charge in [0.2, 0.25) is 5.91 Å². The van der Waals surface area contributed by atoms with E-state index in [-0.39, 0.29) is 5.91 Å². The van der Waals surface area contributed by atoms with Gasteiger partial charge in [0, 0.05) is 13.3 Å². The average molecular weight is 477 g/mol. The Labute approximate surface area is 212 Å². The Morgan fingerprint density at radius 2 is 1.35 bits per heavy atom. The number of likely N-dealkylation sites (N-methyl/N-ethyl adjacent to an activating group) is 1. The zero-order chi connectivity index (χ0) is 24.7. The fourth-order valence-electron chi connectivity index (χ4n) is 5.17. The van der Waals surface area contributed by atoms with Crippen LogP contribution < -0.4 is 10.6 Å². The fourth-order valence-corrected chi connectivity index (χ4v) is 5.17. The summed E-state index contributed by atoms with van der Waals surface area (Å²) in [6.07, 6.45) is 34.4. The van der Waals surface area contributed by atoms with Crippen molar-refractivity contribution in [2.45, 2.75) is 143 Å². The predicted octanol–water partition coefficient (Wildman–Crippen LogP) is 7.96. The van der Waals surface area contributed by atoms with E-state index in [2.05, 4.69) is 49.0 Å². The molecule has 0 saturated carbocycles. The topological polar surface area (TPSA) is 41.1 Å². The first-order valence-corrected chi connectivity index (χ1v) is 14.8. The zero-order valence-electron chi connectivity index (χ0n) is 23.1. The van der Waals surface area contributed by atoms with Crippen molar-refractivity contribution in [2.75, 3.05) is 19.6 Å². The van der Waals surface area contributed by atoms with Gasteiger partial charge >= 0.3 is 0 Å². The second-order valence-corrected chi connectivity index (χ2v) is 10.4. The number of carbonyl (C=O) groups excluding carboxylic acids is 1. The molecule has 1 amide bonds. The van der Waals surface area contributed by atoms with E-state index < -0.39 is 0 Å². The number of carbonyl (C=O) groups is 1. The molecule has 198 valence electrons. The van der Waals surface area contributed by atoms with E-state index in [0.717, 1.165) is 24.1 Å². The van der Waals surface area contributed by atoms with E-state index in [1.807, 2.05) is 0 Å². The van der Waals surface area contributed by atoms with Gasteiger partial charge in [0.1, 0.15) is 12.7 Å². The van der Waals surface area contributed by atoms with Crippen LogP contribution in [0.1, 0.15) is 136 Å². The van der Waals surface area contributed by atoms with Crippen molar-refractivity contribution in [3.8, 4) is 0 Å². The van der Waals surface area contributed by atoms with Crippen molar-refractivity contribution in [2.24, 2.45) is 0 Å². The lowest BCUT2D eigenvalue weighted by Gasteiger charge is -2.37. The molecule has 0 spiro atoms. The molecule has 1 aliphatic rings. The lowest BCUT2D eigenvalue weighted by atomic mass is 10.0. The van der Waals surface area contributed by atoms with E-state index in [1.54, 1.807) is 6.92 Å². The minimum Gasteiger partial charge on any atom is -0.351 e. The number of hydrogen-bond acceptors (Lipinski definition) is 2. The summed E-state index contributed by atoms with van der Waals surface area (Å²) in [5.41, 5.74) is 0. The molecule has 0 bridgehead atoms. The summed E-state index contributed by atoms with van der Waals surface area (Å²) in [5, 5.41) is 6.52. The molecule has 2 N–H and O–H groups in total. The van der Waals surface area contributed by atoms with Crippen molar-refractivity contribution in [1.29, 1.82) is 0 Å². The smallest absolute Gasteiger partial charge is 0.217 e. The van der Waals surface area contributed by atoms with E-state index in [1.165, 1.54) is 116 Å². The Bertz CT molecular complexity index is 545. The highest BCUT2D eigenvalue weighted by Crippen LogP contribution is 2.22. The number of allylic oxidation sites excluding steroid dienone is 2. The lowest BCUT2D eigenvalue weighted by molar-refractivity contribution is -0.898. The molecular formula is C30H58N3O+. The van der Waals surface area contributed by atoms with Gasteiger partial charge in [0.05, 0.1) is 19.3 Å². The van der Waals surface area contributed by atoms with Gasteiger partial charge in [0.15, 0.2) is 6.17 Å². The van der Waals surface area contributed by atoms with Crippen LogP contribution in [0.5, 0.6) is 0 Å². The molecule has 0 aliphatic carbocycles. The Kier molecular flexibility index (Phi) is 19.0. The lowest BCUT2D eigenvalue weighted by Crippen LogP contribution is -2.55. The molecule has 4 heteroatoms. The third-order valence-electron chi connectivity index (χ3n) is 7.51. The Morgan fingerprint density at radius 1 is 0.824 bits per heavy atom. The standard InChI is InChI=1S/C30H57N3O/c1-4-6-7-8-9-10-11-12-13-14-15-16-17-18-19-20-21-22-23-24-30-32-26-28-33(30,5-2)27-25-31-29(3)34/h17-18,26,28,30,32H,4-16,19-25,27H2,1-3H3/p+1/b18-17+. The van der Waals surface area contributed by atoms with Gasteiger partial charge in [-0.3, -0.25) is 9.28 Å². The van der Waals surface area contributed by atoms with Crippen LogP contribution in [0.15, 0.2) is 24.6 Å². The van der Waals surface area contributed by atoms with Gasteiger partial charge in [-0.05, 0) is 39.0 Å². The molecule has 4 nitrogen and oxygen atoms in total. The molecule has 0 aromatic rings. The summed E-state index contributed by atoms with van der Waals surface area (Å²) < 4.78 is 0.946. The van der Waals surface area contributed by atoms with Crippen LogP contribution in [-0.2, 0) is 4.79 Å². The van der Waals surface area contributed by atoms with Crippen LogP contribution in [0.3, 0.4) is 0 Å². The number of rotatable bonds is 23. The maximum atomic E-state index is 11.2. The number of amides is 1. The van der Waals surface area contributed by atoms with Crippen molar-refractivity contribution < 1.29 is 9.28 Å². The first kappa shape index (κ1) is 30.7. The summed E-state index contributed by atoms with van der Waals surface area (Å²) in [6.45, 7) is 8.92. The third-order valence-corrected chi connectivity index (χ3v) is 7.51. The molecule has 1 aliphatic heterocycles. The molecule has 0 fully saturated rings. The van der Waals surface area contributed by atoms with Crippen LogP contribution in [-0.4, -0.2) is 36.2 Å². The summed E-state index contributed by atoms with van der Waals surface area (Å²) in [4.78, 5) is 11.2. The average Bonchev–Trinajstić information content (AvgIpc) is 3.23. The minimum absolute atomic E-state index is 0.0646. The Morgan fingerprint density at radius 3 is 1.88 bits per heavy atom. The van der Waals surface area contributed by atoms with E-state index in [0.29, 0.717) is 6.17 Å². The van der Waals surface area contributed by atoms with Gasteiger partial charge in [-0.15, -0.1) is 0 Å². The molecule has 2 unspecified atom stereocenters. The molecule has 0 saturated heterocycles. The van der Waals surface area contributed by atoms with Gasteiger partial charge in [-0.2, -0.15) is 0 Å². The highest BCUT2D eigenvalue weighted by molar-refractivity contribution is 5.72. The van der Waals surface area contributed by atoms with Gasteiger partial charge in [-0.1, -0.05) is 96.1 Å². The van der Waals surface area contributed by atoms with Crippen LogP contribution in [0.2, 0.25) is 0 Å². The van der Waals surface area contributed by atoms with Crippen LogP contribution in [0.25, 0.3) is 0 Å². The summed E-state index contributed by atoms with van der Waals surface area (Å²) >= 11 is 0. The number of nitrogens with one attached hydrogen (secondary N) is 2. The summed E-state index contributed by atoms with van der Waals surface area (Å²) in [7, 11) is 0. The molecule has 1 rings (SSSR count). The van der Waals surface area contributed by atoms with E-state index in [4.69, 9.17) is 0 Å². The number of quaternary nitrogens is 1. The van der Waals surface area contributed by atoms with Crippen LogP contribution >= 0.6 is 0 Å². The van der Waals surface area contributed by atoms with Crippen molar-refractivity contribution in [3.63, 3.8) is 0 Å². The monoisotopic (exact) mass is 476 g/mol. The van der Waals surface area contributed by atoms with Gasteiger partial charge in [-0.25, -0.2) is 0 Å². The molecular weight excluding hydrogens is 418 g/mol. The van der Waals surface area contributed by atoms with E-state index in [9.17, 15) is 4.79 Å². The Balaban J connectivity index is 1.92. The van der Waals surface area contributed by atoms with Gasteiger partial charge < -0.3 is 10.6 Å². The first-order chi connectivity index (χ1) is 16.6. The minimum atomic E-state index is 0.0646. The highest BCUT2D eigenvalue weighted by atomic mass is 16.1. The molecule has 2 atom stereocenters. The van der Waals surface area contributed by atoms with Crippen LogP contribution in [0.4, 0.5) is 0 Å². The molecule has 0 aromatic carbocycles. The van der Waals surface area contributed by atoms with Gasteiger partial charge in [0.25, 0.3) is 0 Å². The van der Waals surface area contributed by atoms with Crippen molar-refractivity contribution in [3.05, 3.63) is 24.6 Å². The fraction of sp³-hybridized carbons (Fsp3) is 0.833. The molecule has 34 heavy (non-hydrogen) atoms. The van der Waals surface area contributed by atoms with Crippen molar-refractivity contribution in [1.82, 2.24) is 10.6 Å². The number of nitrogens with zero attached hydrogens (tertiary/aromatic N) is 1. The number of unbranched alkanes of at least 4 members (excludes halogenated alkanes) is 15. The number of hydrogen-bond donors (Lipinski definition) is 2. The van der Waals surface area contributed by atoms with E-state index >= 15 is 0 Å². The molecule has 1 heterocycles. The molecule has 0 aromatic heterocycles. The largest absolute Gasteiger partial charge is 0.351 e. The zero-order valence-corrected chi connectivity index (χ0v) is 23.1.